The molecule has 9 heteroatoms. The number of pyridine rings is 2. The van der Waals surface area contributed by atoms with Gasteiger partial charge in [-0.25, -0.2) is 4.98 Å². The number of aliphatic hydroxyl groups excluding tert-OH is 1. The van der Waals surface area contributed by atoms with E-state index in [4.69, 9.17) is 9.83 Å². The van der Waals surface area contributed by atoms with E-state index in [0.717, 1.165) is 5.56 Å². The Balaban J connectivity index is 1.91. The van der Waals surface area contributed by atoms with E-state index in [2.05, 4.69) is 10.3 Å². The molecule has 0 unspecified atom stereocenters. The Labute approximate surface area is 170 Å². The van der Waals surface area contributed by atoms with Crippen molar-refractivity contribution in [2.24, 2.45) is 0 Å². The molecule has 4 aromatic rings. The largest absolute Gasteiger partial charge is 0.467 e. The van der Waals surface area contributed by atoms with Gasteiger partial charge < -0.3 is 19.4 Å². The summed E-state index contributed by atoms with van der Waals surface area (Å²) in [5, 5.41) is 20.8. The SMILES string of the molecule is Cc1cccn2c(=O)c3cc(C(=O)NCc4ccco4)c(=N)n(CCCO)c3nc12. The summed E-state index contributed by atoms with van der Waals surface area (Å²) in [5.41, 5.74) is 1.28. The fourth-order valence-corrected chi connectivity index (χ4v) is 3.39. The number of carbonyl (C=O) groups is 1. The number of carbonyl (C=O) groups excluding carboxylic acids is 1. The van der Waals surface area contributed by atoms with Crippen molar-refractivity contribution >= 4 is 22.6 Å². The third-order valence-electron chi connectivity index (χ3n) is 4.92. The van der Waals surface area contributed by atoms with Crippen LogP contribution in [0.2, 0.25) is 0 Å². The summed E-state index contributed by atoms with van der Waals surface area (Å²) in [6.45, 7) is 2.17. The second-order valence-corrected chi connectivity index (χ2v) is 6.94. The minimum atomic E-state index is -0.496. The van der Waals surface area contributed by atoms with E-state index < -0.39 is 5.91 Å². The van der Waals surface area contributed by atoms with Gasteiger partial charge in [0.15, 0.2) is 0 Å². The molecule has 0 spiro atoms. The molecular weight excluding hydrogens is 386 g/mol. The van der Waals surface area contributed by atoms with E-state index in [1.165, 1.54) is 21.3 Å². The van der Waals surface area contributed by atoms with E-state index in [1.807, 2.05) is 13.0 Å². The van der Waals surface area contributed by atoms with Crippen LogP contribution in [0, 0.1) is 12.3 Å². The Morgan fingerprint density at radius 2 is 2.13 bits per heavy atom. The molecule has 154 valence electrons. The number of aliphatic hydroxyl groups is 1. The van der Waals surface area contributed by atoms with Gasteiger partial charge in [0.25, 0.3) is 11.5 Å². The standard InChI is InChI=1S/C21H21N5O4/c1-13-5-2-7-26-18(13)24-19-16(21(26)29)11-15(17(22)25(19)8-4-9-27)20(28)23-12-14-6-3-10-30-14/h2-3,5-7,10-11,22,27H,4,8-9,12H2,1H3,(H,23,28). The lowest BCUT2D eigenvalue weighted by atomic mass is 10.2. The lowest BCUT2D eigenvalue weighted by molar-refractivity contribution is 0.0945. The second-order valence-electron chi connectivity index (χ2n) is 6.94. The zero-order chi connectivity index (χ0) is 21.3. The fraction of sp³-hybridized carbons (Fsp3) is 0.238. The van der Waals surface area contributed by atoms with Crippen LogP contribution in [0.3, 0.4) is 0 Å². The van der Waals surface area contributed by atoms with Gasteiger partial charge in [0.2, 0.25) is 0 Å². The molecule has 0 aliphatic heterocycles. The zero-order valence-corrected chi connectivity index (χ0v) is 16.4. The van der Waals surface area contributed by atoms with Gasteiger partial charge in [-0.1, -0.05) is 6.07 Å². The molecular formula is C21H21N5O4. The van der Waals surface area contributed by atoms with Crippen LogP contribution in [0.4, 0.5) is 0 Å². The van der Waals surface area contributed by atoms with Crippen LogP contribution in [0.1, 0.15) is 28.1 Å². The molecule has 0 aliphatic rings. The number of furan rings is 1. The van der Waals surface area contributed by atoms with E-state index >= 15 is 0 Å². The Morgan fingerprint density at radius 3 is 2.87 bits per heavy atom. The Hall–Kier alpha value is -3.72. The average Bonchev–Trinajstić information content (AvgIpc) is 3.26. The quantitative estimate of drug-likeness (QED) is 0.416. The number of amides is 1. The molecule has 1 amide bonds. The van der Waals surface area contributed by atoms with E-state index in [1.54, 1.807) is 24.4 Å². The number of hydrogen-bond acceptors (Lipinski definition) is 6. The first-order valence-electron chi connectivity index (χ1n) is 9.53. The molecule has 3 N–H and O–H groups in total. The summed E-state index contributed by atoms with van der Waals surface area (Å²) < 4.78 is 8.15. The smallest absolute Gasteiger partial charge is 0.267 e. The molecule has 0 aliphatic carbocycles. The van der Waals surface area contributed by atoms with Gasteiger partial charge in [0, 0.05) is 19.3 Å². The minimum Gasteiger partial charge on any atom is -0.467 e. The van der Waals surface area contributed by atoms with Gasteiger partial charge in [-0.05, 0) is 43.2 Å². The van der Waals surface area contributed by atoms with Crippen LogP contribution in [0.5, 0.6) is 0 Å². The Kier molecular flexibility index (Phi) is 5.20. The summed E-state index contributed by atoms with van der Waals surface area (Å²) in [6, 6.07) is 8.47. The molecule has 0 saturated heterocycles. The van der Waals surface area contributed by atoms with Crippen LogP contribution in [0.15, 0.2) is 52.0 Å². The monoisotopic (exact) mass is 407 g/mol. The van der Waals surface area contributed by atoms with Gasteiger partial charge in [0.1, 0.15) is 22.5 Å². The van der Waals surface area contributed by atoms with Crippen molar-refractivity contribution in [1.29, 1.82) is 5.41 Å². The number of nitrogens with one attached hydrogen (secondary N) is 2. The summed E-state index contributed by atoms with van der Waals surface area (Å²) >= 11 is 0. The first kappa shape index (κ1) is 19.6. The summed E-state index contributed by atoms with van der Waals surface area (Å²) in [6.07, 6.45) is 3.49. The number of rotatable bonds is 6. The lowest BCUT2D eigenvalue weighted by Crippen LogP contribution is -2.35. The Morgan fingerprint density at radius 1 is 1.30 bits per heavy atom. The number of nitrogens with zero attached hydrogens (tertiary/aromatic N) is 3. The molecule has 4 heterocycles. The maximum absolute atomic E-state index is 13.1. The number of aromatic nitrogens is 3. The van der Waals surface area contributed by atoms with Crippen LogP contribution in [0.25, 0.3) is 16.7 Å². The maximum Gasteiger partial charge on any atom is 0.267 e. The normalized spacial score (nSPS) is 11.3. The fourth-order valence-electron chi connectivity index (χ4n) is 3.39. The van der Waals surface area contributed by atoms with Crippen LogP contribution < -0.4 is 16.4 Å². The van der Waals surface area contributed by atoms with Crippen LogP contribution in [-0.4, -0.2) is 31.6 Å². The minimum absolute atomic E-state index is 0.0542. The second kappa shape index (κ2) is 7.96. The van der Waals surface area contributed by atoms with Crippen molar-refractivity contribution in [2.75, 3.05) is 6.61 Å². The molecule has 9 nitrogen and oxygen atoms in total. The van der Waals surface area contributed by atoms with Crippen molar-refractivity contribution in [2.45, 2.75) is 26.4 Å². The van der Waals surface area contributed by atoms with Crippen LogP contribution >= 0.6 is 0 Å². The van der Waals surface area contributed by atoms with Gasteiger partial charge in [0.05, 0.1) is 23.8 Å². The van der Waals surface area contributed by atoms with Crippen LogP contribution in [-0.2, 0) is 13.1 Å². The zero-order valence-electron chi connectivity index (χ0n) is 16.4. The van der Waals surface area contributed by atoms with Gasteiger partial charge in [-0.3, -0.25) is 19.4 Å². The lowest BCUT2D eigenvalue weighted by Gasteiger charge is -2.14. The molecule has 0 atom stereocenters. The van der Waals surface area contributed by atoms with E-state index in [9.17, 15) is 14.7 Å². The topological polar surface area (TPSA) is 126 Å². The molecule has 0 fully saturated rings. The maximum atomic E-state index is 13.1. The van der Waals surface area contributed by atoms with Crippen molar-refractivity contribution in [3.8, 4) is 0 Å². The van der Waals surface area contributed by atoms with E-state index in [-0.39, 0.29) is 41.7 Å². The predicted molar refractivity (Wildman–Crippen MR) is 109 cm³/mol. The van der Waals surface area contributed by atoms with Gasteiger partial charge >= 0.3 is 0 Å². The molecule has 4 aromatic heterocycles. The van der Waals surface area contributed by atoms with Crippen molar-refractivity contribution in [3.63, 3.8) is 0 Å². The van der Waals surface area contributed by atoms with E-state index in [0.29, 0.717) is 23.5 Å². The highest BCUT2D eigenvalue weighted by molar-refractivity contribution is 5.96. The van der Waals surface area contributed by atoms with Gasteiger partial charge in [-0.15, -0.1) is 0 Å². The average molecular weight is 407 g/mol. The molecule has 0 bridgehead atoms. The molecule has 0 radical (unpaired) electrons. The van der Waals surface area contributed by atoms with Crippen molar-refractivity contribution in [1.82, 2.24) is 19.3 Å². The number of aryl methyl sites for hydroxylation is 2. The summed E-state index contributed by atoms with van der Waals surface area (Å²) in [4.78, 5) is 30.6. The summed E-state index contributed by atoms with van der Waals surface area (Å²) in [7, 11) is 0. The third kappa shape index (κ3) is 3.39. The molecule has 0 aromatic carbocycles. The van der Waals surface area contributed by atoms with Gasteiger partial charge in [-0.2, -0.15) is 0 Å². The molecule has 4 rings (SSSR count). The number of hydrogen-bond donors (Lipinski definition) is 3. The predicted octanol–water partition coefficient (Wildman–Crippen LogP) is 1.34. The first-order chi connectivity index (χ1) is 14.5. The van der Waals surface area contributed by atoms with Crippen molar-refractivity contribution in [3.05, 3.63) is 75.5 Å². The van der Waals surface area contributed by atoms with Crippen molar-refractivity contribution < 1.29 is 14.3 Å². The molecule has 30 heavy (non-hydrogen) atoms. The Bertz CT molecular complexity index is 1350. The highest BCUT2D eigenvalue weighted by Gasteiger charge is 2.18. The first-order valence-corrected chi connectivity index (χ1v) is 9.53. The summed E-state index contributed by atoms with van der Waals surface area (Å²) in [5.74, 6) is 0.0804. The highest BCUT2D eigenvalue weighted by atomic mass is 16.3. The molecule has 0 saturated carbocycles. The third-order valence-corrected chi connectivity index (χ3v) is 4.92. The number of fused-ring (bicyclic) bond motifs is 2. The highest BCUT2D eigenvalue weighted by Crippen LogP contribution is 2.13.